The minimum atomic E-state index is -4.61. The van der Waals surface area contributed by atoms with Gasteiger partial charge in [0.05, 0.1) is 34.4 Å². The van der Waals surface area contributed by atoms with Crippen molar-refractivity contribution in [2.24, 2.45) is 5.92 Å². The molecule has 2 atom stereocenters. The van der Waals surface area contributed by atoms with E-state index in [-0.39, 0.29) is 30.1 Å². The highest BCUT2D eigenvalue weighted by Crippen LogP contribution is 2.49. The zero-order valence-corrected chi connectivity index (χ0v) is 24.4. The highest BCUT2D eigenvalue weighted by molar-refractivity contribution is 5.82. The van der Waals surface area contributed by atoms with Crippen molar-refractivity contribution in [2.75, 3.05) is 33.3 Å². The molecule has 0 bridgehead atoms. The average Bonchev–Trinajstić information content (AvgIpc) is 3.43. The Labute approximate surface area is 249 Å². The molecule has 4 aromatic rings. The van der Waals surface area contributed by atoms with Gasteiger partial charge in [-0.1, -0.05) is 5.21 Å². The van der Waals surface area contributed by atoms with Gasteiger partial charge in [-0.2, -0.15) is 13.2 Å². The first-order valence-corrected chi connectivity index (χ1v) is 13.7. The van der Waals surface area contributed by atoms with E-state index in [2.05, 4.69) is 20.3 Å². The first kappa shape index (κ1) is 31.0. The van der Waals surface area contributed by atoms with Crippen molar-refractivity contribution in [2.45, 2.75) is 50.5 Å². The summed E-state index contributed by atoms with van der Waals surface area (Å²) < 4.78 is 93.4. The lowest BCUT2D eigenvalue weighted by molar-refractivity contribution is -0.207. The first-order valence-electron chi connectivity index (χ1n) is 13.7. The van der Waals surface area contributed by atoms with Crippen LogP contribution in [0.3, 0.4) is 0 Å². The molecule has 2 heterocycles. The largest absolute Gasteiger partial charge is 0.497 e. The second-order valence-corrected chi connectivity index (χ2v) is 10.4. The number of hydrogen-bond donors (Lipinski definition) is 0. The summed E-state index contributed by atoms with van der Waals surface area (Å²) in [6.07, 6.45) is -5.89. The third-order valence-electron chi connectivity index (χ3n) is 7.76. The summed E-state index contributed by atoms with van der Waals surface area (Å²) in [5.41, 5.74) is 1.44. The Hall–Kier alpha value is -4.43. The van der Waals surface area contributed by atoms with E-state index in [0.717, 1.165) is 22.1 Å². The van der Waals surface area contributed by atoms with Crippen molar-refractivity contribution in [3.8, 4) is 23.0 Å². The topological polar surface area (TPSA) is 96.7 Å². The minimum absolute atomic E-state index is 0.0553. The molecule has 0 saturated heterocycles. The lowest BCUT2D eigenvalue weighted by atomic mass is 9.82. The van der Waals surface area contributed by atoms with Gasteiger partial charge in [0, 0.05) is 37.2 Å². The second-order valence-electron chi connectivity index (χ2n) is 10.4. The summed E-state index contributed by atoms with van der Waals surface area (Å²) in [6, 6.07) is 8.73. The van der Waals surface area contributed by atoms with Crippen LogP contribution in [0, 0.1) is 5.92 Å². The van der Waals surface area contributed by atoms with Gasteiger partial charge in [0.2, 0.25) is 0 Å². The van der Waals surface area contributed by atoms with Crippen LogP contribution in [0.15, 0.2) is 42.7 Å². The fraction of sp³-hybridized carbons (Fsp3) is 0.448. The Morgan fingerprint density at radius 3 is 2.25 bits per heavy atom. The average molecular weight is 623 g/mol. The predicted molar refractivity (Wildman–Crippen MR) is 149 cm³/mol. The Morgan fingerprint density at radius 1 is 0.909 bits per heavy atom. The Morgan fingerprint density at radius 2 is 1.61 bits per heavy atom. The summed E-state index contributed by atoms with van der Waals surface area (Å²) in [4.78, 5) is 10.4. The maximum Gasteiger partial charge on any atom is 0.391 e. The van der Waals surface area contributed by atoms with Crippen LogP contribution >= 0.6 is 0 Å². The van der Waals surface area contributed by atoms with Crippen molar-refractivity contribution in [3.63, 3.8) is 0 Å². The van der Waals surface area contributed by atoms with Crippen LogP contribution in [0.2, 0.25) is 0 Å². The van der Waals surface area contributed by atoms with E-state index >= 15 is 8.78 Å². The van der Waals surface area contributed by atoms with Crippen LogP contribution in [0.4, 0.5) is 27.8 Å². The van der Waals surface area contributed by atoms with Gasteiger partial charge in [0.25, 0.3) is 5.92 Å². The van der Waals surface area contributed by atoms with Gasteiger partial charge in [-0.15, -0.1) is 5.10 Å². The van der Waals surface area contributed by atoms with Crippen LogP contribution in [0.25, 0.3) is 11.2 Å². The molecule has 44 heavy (non-hydrogen) atoms. The number of anilines is 1. The molecule has 1 aliphatic carbocycles. The zero-order chi connectivity index (χ0) is 31.6. The van der Waals surface area contributed by atoms with Crippen LogP contribution in [0.1, 0.15) is 36.4 Å². The standard InChI is InChI=1S/C29H31F5N6O4/c1-41-20-6-5-18(23(13-20)44-4)15-39(14-17-9-21(42-2)12-22(10-17)43-3)26-25-27(36-16-35-26)40(38-37-25)24-11-19(29(32,33)34)7-8-28(24,30)31/h5-6,9-10,12-13,16,19,24H,7-8,11,14-15H2,1-4H3. The molecule has 1 fully saturated rings. The number of fused-ring (bicyclic) bond motifs is 1. The van der Waals surface area contributed by atoms with Crippen LogP contribution in [-0.2, 0) is 13.1 Å². The van der Waals surface area contributed by atoms with E-state index in [0.29, 0.717) is 23.0 Å². The van der Waals surface area contributed by atoms with Gasteiger partial charge in [-0.3, -0.25) is 0 Å². The number of halogens is 5. The van der Waals surface area contributed by atoms with Crippen LogP contribution in [-0.4, -0.2) is 65.5 Å². The van der Waals surface area contributed by atoms with Crippen LogP contribution in [0.5, 0.6) is 23.0 Å². The number of benzene rings is 2. The molecule has 0 amide bonds. The van der Waals surface area contributed by atoms with E-state index in [1.165, 1.54) is 28.4 Å². The smallest absolute Gasteiger partial charge is 0.391 e. The Kier molecular flexibility index (Phi) is 8.66. The number of alkyl halides is 5. The molecule has 15 heteroatoms. The summed E-state index contributed by atoms with van der Waals surface area (Å²) in [5.74, 6) is -2.93. The van der Waals surface area contributed by atoms with Crippen molar-refractivity contribution in [3.05, 3.63) is 53.9 Å². The lowest BCUT2D eigenvalue weighted by Gasteiger charge is -2.36. The van der Waals surface area contributed by atoms with Crippen LogP contribution < -0.4 is 23.8 Å². The monoisotopic (exact) mass is 622 g/mol. The number of rotatable bonds is 10. The number of hydrogen-bond acceptors (Lipinski definition) is 9. The molecular weight excluding hydrogens is 591 g/mol. The SMILES string of the molecule is COc1cc(CN(Cc2ccc(OC)cc2OC)c2ncnc3c2nnn3C2CC(C(F)(F)F)CCC2(F)F)cc(OC)c1. The zero-order valence-electron chi connectivity index (χ0n) is 24.4. The highest BCUT2D eigenvalue weighted by Gasteiger charge is 2.53. The molecule has 236 valence electrons. The van der Waals surface area contributed by atoms with Gasteiger partial charge in [0.15, 0.2) is 17.0 Å². The quantitative estimate of drug-likeness (QED) is 0.197. The number of methoxy groups -OCH3 is 4. The molecule has 2 aromatic heterocycles. The van der Waals surface area contributed by atoms with Crippen molar-refractivity contribution in [1.82, 2.24) is 25.0 Å². The number of ether oxygens (including phenoxy) is 4. The van der Waals surface area contributed by atoms with Gasteiger partial charge in [-0.25, -0.2) is 23.4 Å². The lowest BCUT2D eigenvalue weighted by Crippen LogP contribution is -2.41. The molecule has 10 nitrogen and oxygen atoms in total. The van der Waals surface area contributed by atoms with Crippen molar-refractivity contribution in [1.29, 1.82) is 0 Å². The molecule has 5 rings (SSSR count). The van der Waals surface area contributed by atoms with Crippen molar-refractivity contribution < 1.29 is 40.9 Å². The normalized spacial score (nSPS) is 18.2. The van der Waals surface area contributed by atoms with E-state index in [1.54, 1.807) is 35.2 Å². The third kappa shape index (κ3) is 6.26. The summed E-state index contributed by atoms with van der Waals surface area (Å²) >= 11 is 0. The van der Waals surface area contributed by atoms with Crippen molar-refractivity contribution >= 4 is 17.0 Å². The molecule has 2 aromatic carbocycles. The molecule has 0 aliphatic heterocycles. The first-order chi connectivity index (χ1) is 21.0. The molecule has 0 radical (unpaired) electrons. The van der Waals surface area contributed by atoms with E-state index in [9.17, 15) is 13.2 Å². The minimum Gasteiger partial charge on any atom is -0.497 e. The number of aromatic nitrogens is 5. The Bertz CT molecular complexity index is 1590. The maximum absolute atomic E-state index is 15.1. The molecule has 0 spiro atoms. The third-order valence-corrected chi connectivity index (χ3v) is 7.76. The predicted octanol–water partition coefficient (Wildman–Crippen LogP) is 6.00. The highest BCUT2D eigenvalue weighted by atomic mass is 19.4. The van der Waals surface area contributed by atoms with Gasteiger partial charge in [-0.05, 0) is 42.7 Å². The summed E-state index contributed by atoms with van der Waals surface area (Å²) in [5, 5.41) is 8.03. The summed E-state index contributed by atoms with van der Waals surface area (Å²) in [7, 11) is 6.09. The molecule has 1 aliphatic rings. The molecule has 1 saturated carbocycles. The number of nitrogens with zero attached hydrogens (tertiary/aromatic N) is 6. The van der Waals surface area contributed by atoms with E-state index in [1.807, 2.05) is 6.07 Å². The second kappa shape index (κ2) is 12.3. The molecule has 0 N–H and O–H groups in total. The van der Waals surface area contributed by atoms with E-state index in [4.69, 9.17) is 18.9 Å². The Balaban J connectivity index is 1.60. The molecule has 2 unspecified atom stereocenters. The summed E-state index contributed by atoms with van der Waals surface area (Å²) in [6.45, 7) is 0.402. The van der Waals surface area contributed by atoms with Gasteiger partial charge in [0.1, 0.15) is 35.4 Å². The van der Waals surface area contributed by atoms with E-state index < -0.39 is 43.3 Å². The maximum atomic E-state index is 15.1. The molecular formula is C29H31F5N6O4. The fourth-order valence-corrected chi connectivity index (χ4v) is 5.44. The fourth-order valence-electron chi connectivity index (χ4n) is 5.44. The van der Waals surface area contributed by atoms with Gasteiger partial charge >= 0.3 is 6.18 Å². The van der Waals surface area contributed by atoms with Gasteiger partial charge < -0.3 is 23.8 Å².